The van der Waals surface area contributed by atoms with Gasteiger partial charge in [0.2, 0.25) is 5.75 Å². The average molecular weight is 414 g/mol. The van der Waals surface area contributed by atoms with Crippen LogP contribution in [0.5, 0.6) is 23.0 Å². The van der Waals surface area contributed by atoms with Gasteiger partial charge in [0.25, 0.3) is 0 Å². The van der Waals surface area contributed by atoms with Crippen molar-refractivity contribution in [3.8, 4) is 23.0 Å². The van der Waals surface area contributed by atoms with E-state index in [0.717, 1.165) is 29.7 Å². The predicted molar refractivity (Wildman–Crippen MR) is 118 cm³/mol. The number of aliphatic imine (C=N–C) groups is 1. The molecule has 0 atom stereocenters. The minimum atomic E-state index is 0.351. The topological polar surface area (TPSA) is 73.3 Å². The number of nitrogens with zero attached hydrogens (tertiary/aromatic N) is 1. The van der Waals surface area contributed by atoms with Gasteiger partial charge in [-0.3, -0.25) is 4.99 Å². The summed E-state index contributed by atoms with van der Waals surface area (Å²) in [6, 6.07) is 12.0. The standard InChI is InChI=1S/C23H31N3O4/c1-24-23(25-14-16-12-20(27-2)22(29-4)21(13-16)28-3)26-15-17-8-5-6-11-19(17)30-18-9-7-10-18/h5-6,8,11-13,18H,7,9-10,14-15H2,1-4H3,(H2,24,25,26). The quantitative estimate of drug-likeness (QED) is 0.484. The summed E-state index contributed by atoms with van der Waals surface area (Å²) in [6.45, 7) is 1.18. The van der Waals surface area contributed by atoms with Crippen molar-refractivity contribution in [3.63, 3.8) is 0 Å². The van der Waals surface area contributed by atoms with Crippen LogP contribution in [-0.4, -0.2) is 40.4 Å². The highest BCUT2D eigenvalue weighted by molar-refractivity contribution is 5.79. The monoisotopic (exact) mass is 413 g/mol. The van der Waals surface area contributed by atoms with Crippen LogP contribution in [-0.2, 0) is 13.1 Å². The molecule has 0 spiro atoms. The molecular weight excluding hydrogens is 382 g/mol. The van der Waals surface area contributed by atoms with Crippen LogP contribution in [0.4, 0.5) is 0 Å². The SMILES string of the molecule is CN=C(NCc1cc(OC)c(OC)c(OC)c1)NCc1ccccc1OC1CCC1. The third kappa shape index (κ3) is 5.28. The highest BCUT2D eigenvalue weighted by atomic mass is 16.5. The molecule has 30 heavy (non-hydrogen) atoms. The number of para-hydroxylation sites is 1. The third-order valence-corrected chi connectivity index (χ3v) is 5.17. The molecule has 2 aromatic rings. The molecule has 1 fully saturated rings. The highest BCUT2D eigenvalue weighted by Gasteiger charge is 2.20. The van der Waals surface area contributed by atoms with Crippen LogP contribution in [0.3, 0.4) is 0 Å². The number of hydrogen-bond donors (Lipinski definition) is 2. The van der Waals surface area contributed by atoms with E-state index in [1.807, 2.05) is 30.3 Å². The molecule has 1 aliphatic carbocycles. The Morgan fingerprint density at radius 3 is 2.17 bits per heavy atom. The fraction of sp³-hybridized carbons (Fsp3) is 0.435. The van der Waals surface area contributed by atoms with Crippen molar-refractivity contribution < 1.29 is 18.9 Å². The van der Waals surface area contributed by atoms with E-state index in [2.05, 4.69) is 21.7 Å². The molecule has 162 valence electrons. The Morgan fingerprint density at radius 1 is 0.933 bits per heavy atom. The van der Waals surface area contributed by atoms with Gasteiger partial charge in [0.15, 0.2) is 17.5 Å². The van der Waals surface area contributed by atoms with Crippen LogP contribution >= 0.6 is 0 Å². The molecular formula is C23H31N3O4. The zero-order chi connectivity index (χ0) is 21.3. The van der Waals surface area contributed by atoms with Crippen LogP contribution < -0.4 is 29.6 Å². The van der Waals surface area contributed by atoms with E-state index in [1.54, 1.807) is 28.4 Å². The Balaban J connectivity index is 1.61. The fourth-order valence-electron chi connectivity index (χ4n) is 3.26. The fourth-order valence-corrected chi connectivity index (χ4v) is 3.26. The van der Waals surface area contributed by atoms with Crippen molar-refractivity contribution in [2.75, 3.05) is 28.4 Å². The van der Waals surface area contributed by atoms with E-state index in [4.69, 9.17) is 18.9 Å². The zero-order valence-electron chi connectivity index (χ0n) is 18.2. The molecule has 3 rings (SSSR count). The lowest BCUT2D eigenvalue weighted by Crippen LogP contribution is -2.36. The maximum Gasteiger partial charge on any atom is 0.203 e. The molecule has 7 nitrogen and oxygen atoms in total. The van der Waals surface area contributed by atoms with Gasteiger partial charge in [-0.2, -0.15) is 0 Å². The molecule has 2 aromatic carbocycles. The van der Waals surface area contributed by atoms with E-state index in [-0.39, 0.29) is 0 Å². The third-order valence-electron chi connectivity index (χ3n) is 5.17. The van der Waals surface area contributed by atoms with Gasteiger partial charge in [0.1, 0.15) is 5.75 Å². The van der Waals surface area contributed by atoms with Crippen molar-refractivity contribution in [2.45, 2.75) is 38.5 Å². The summed E-state index contributed by atoms with van der Waals surface area (Å²) in [5.41, 5.74) is 2.10. The largest absolute Gasteiger partial charge is 0.493 e. The summed E-state index contributed by atoms with van der Waals surface area (Å²) in [5.74, 6) is 3.46. The number of ether oxygens (including phenoxy) is 4. The first-order valence-electron chi connectivity index (χ1n) is 10.2. The maximum absolute atomic E-state index is 6.11. The number of hydrogen-bond acceptors (Lipinski definition) is 5. The van der Waals surface area contributed by atoms with Gasteiger partial charge in [0, 0.05) is 25.7 Å². The minimum absolute atomic E-state index is 0.351. The van der Waals surface area contributed by atoms with Crippen molar-refractivity contribution in [1.82, 2.24) is 10.6 Å². The Hall–Kier alpha value is -3.09. The number of benzene rings is 2. The lowest BCUT2D eigenvalue weighted by atomic mass is 9.96. The normalized spacial score (nSPS) is 13.9. The molecule has 0 radical (unpaired) electrons. The zero-order valence-corrected chi connectivity index (χ0v) is 18.2. The van der Waals surface area contributed by atoms with Gasteiger partial charge >= 0.3 is 0 Å². The van der Waals surface area contributed by atoms with Crippen LogP contribution in [0.15, 0.2) is 41.4 Å². The molecule has 0 aromatic heterocycles. The maximum atomic E-state index is 6.11. The predicted octanol–water partition coefficient (Wildman–Crippen LogP) is 3.51. The Kier molecular flexibility index (Phi) is 7.65. The number of nitrogens with one attached hydrogen (secondary N) is 2. The van der Waals surface area contributed by atoms with Gasteiger partial charge in [-0.25, -0.2) is 0 Å². The van der Waals surface area contributed by atoms with Crippen molar-refractivity contribution in [1.29, 1.82) is 0 Å². The summed E-state index contributed by atoms with van der Waals surface area (Å²) >= 11 is 0. The smallest absolute Gasteiger partial charge is 0.203 e. The number of rotatable bonds is 9. The molecule has 1 saturated carbocycles. The summed E-state index contributed by atoms with van der Waals surface area (Å²) in [4.78, 5) is 4.32. The van der Waals surface area contributed by atoms with Crippen molar-refractivity contribution >= 4 is 5.96 Å². The lowest BCUT2D eigenvalue weighted by Gasteiger charge is -2.27. The second-order valence-electron chi connectivity index (χ2n) is 7.09. The highest BCUT2D eigenvalue weighted by Crippen LogP contribution is 2.38. The van der Waals surface area contributed by atoms with Gasteiger partial charge < -0.3 is 29.6 Å². The molecule has 0 aliphatic heterocycles. The first kappa shape index (κ1) is 21.6. The molecule has 0 saturated heterocycles. The Labute approximate surface area is 178 Å². The summed E-state index contributed by atoms with van der Waals surface area (Å²) < 4.78 is 22.3. The Bertz CT molecular complexity index is 840. The molecule has 7 heteroatoms. The first-order valence-corrected chi connectivity index (χ1v) is 10.2. The van der Waals surface area contributed by atoms with Crippen LogP contribution in [0, 0.1) is 0 Å². The van der Waals surface area contributed by atoms with E-state index >= 15 is 0 Å². The average Bonchev–Trinajstić information content (AvgIpc) is 2.76. The molecule has 0 heterocycles. The molecule has 1 aliphatic rings. The second kappa shape index (κ2) is 10.6. The van der Waals surface area contributed by atoms with Gasteiger partial charge in [-0.15, -0.1) is 0 Å². The summed E-state index contributed by atoms with van der Waals surface area (Å²) in [7, 11) is 6.56. The van der Waals surface area contributed by atoms with E-state index in [9.17, 15) is 0 Å². The van der Waals surface area contributed by atoms with Crippen LogP contribution in [0.1, 0.15) is 30.4 Å². The van der Waals surface area contributed by atoms with Crippen LogP contribution in [0.2, 0.25) is 0 Å². The molecule has 2 N–H and O–H groups in total. The Morgan fingerprint density at radius 2 is 1.60 bits per heavy atom. The van der Waals surface area contributed by atoms with Gasteiger partial charge in [-0.05, 0) is 43.0 Å². The lowest BCUT2D eigenvalue weighted by molar-refractivity contribution is 0.119. The molecule has 0 unspecified atom stereocenters. The number of guanidine groups is 1. The molecule has 0 amide bonds. The van der Waals surface area contributed by atoms with Gasteiger partial charge in [0.05, 0.1) is 27.4 Å². The first-order chi connectivity index (χ1) is 14.7. The van der Waals surface area contributed by atoms with E-state index < -0.39 is 0 Å². The second-order valence-corrected chi connectivity index (χ2v) is 7.09. The number of methoxy groups -OCH3 is 3. The van der Waals surface area contributed by atoms with E-state index in [1.165, 1.54) is 6.42 Å². The van der Waals surface area contributed by atoms with Crippen molar-refractivity contribution in [2.24, 2.45) is 4.99 Å². The van der Waals surface area contributed by atoms with E-state index in [0.29, 0.717) is 42.4 Å². The van der Waals surface area contributed by atoms with Gasteiger partial charge in [-0.1, -0.05) is 18.2 Å². The summed E-state index contributed by atoms with van der Waals surface area (Å²) in [5, 5.41) is 6.68. The van der Waals surface area contributed by atoms with Crippen molar-refractivity contribution in [3.05, 3.63) is 47.5 Å². The summed E-state index contributed by atoms with van der Waals surface area (Å²) in [6.07, 6.45) is 3.88. The molecule has 0 bridgehead atoms. The minimum Gasteiger partial charge on any atom is -0.493 e. The van der Waals surface area contributed by atoms with Crippen LogP contribution in [0.25, 0.3) is 0 Å².